The lowest BCUT2D eigenvalue weighted by Gasteiger charge is -2.20. The van der Waals surface area contributed by atoms with Crippen LogP contribution in [-0.4, -0.2) is 23.1 Å². The Balaban J connectivity index is 1.72. The van der Waals surface area contributed by atoms with E-state index >= 15 is 0 Å². The Morgan fingerprint density at radius 2 is 1.79 bits per heavy atom. The van der Waals surface area contributed by atoms with Gasteiger partial charge in [-0.25, -0.2) is 4.79 Å². The van der Waals surface area contributed by atoms with E-state index in [1.54, 1.807) is 74.5 Å². The molecular formula is C21H19BrN2O5. The molecular weight excluding hydrogens is 440 g/mol. The van der Waals surface area contributed by atoms with Crippen molar-refractivity contribution in [2.24, 2.45) is 0 Å². The maximum Gasteiger partial charge on any atom is 0.348 e. The molecule has 3 aromatic rings. The molecule has 0 saturated carbocycles. The number of carbonyl (C=O) groups is 2. The summed E-state index contributed by atoms with van der Waals surface area (Å²) in [4.78, 5) is 25.3. The van der Waals surface area contributed by atoms with E-state index in [-0.39, 0.29) is 5.82 Å². The van der Waals surface area contributed by atoms with Gasteiger partial charge in [-0.1, -0.05) is 51.4 Å². The highest BCUT2D eigenvalue weighted by Gasteiger charge is 2.29. The Morgan fingerprint density at radius 1 is 1.10 bits per heavy atom. The van der Waals surface area contributed by atoms with Gasteiger partial charge in [0.05, 0.1) is 0 Å². The number of anilines is 1. The average molecular weight is 459 g/mol. The molecule has 150 valence electrons. The molecule has 1 N–H and O–H groups in total. The molecule has 0 bridgehead atoms. The lowest BCUT2D eigenvalue weighted by atomic mass is 10.1. The monoisotopic (exact) mass is 458 g/mol. The zero-order valence-electron chi connectivity index (χ0n) is 15.8. The van der Waals surface area contributed by atoms with Gasteiger partial charge in [0.1, 0.15) is 11.5 Å². The van der Waals surface area contributed by atoms with E-state index in [1.807, 2.05) is 0 Å². The van der Waals surface area contributed by atoms with Crippen molar-refractivity contribution in [1.82, 2.24) is 5.16 Å². The van der Waals surface area contributed by atoms with Crippen LogP contribution in [0, 0.1) is 6.92 Å². The molecule has 1 aromatic heterocycles. The minimum absolute atomic E-state index is 0.239. The number of hydrogen-bond donors (Lipinski definition) is 1. The molecule has 0 aliphatic heterocycles. The minimum Gasteiger partial charge on any atom is -0.479 e. The summed E-state index contributed by atoms with van der Waals surface area (Å²) in [6.45, 7) is 3.27. The molecule has 0 fully saturated rings. The number of benzene rings is 2. The van der Waals surface area contributed by atoms with Gasteiger partial charge < -0.3 is 19.3 Å². The highest BCUT2D eigenvalue weighted by molar-refractivity contribution is 9.10. The van der Waals surface area contributed by atoms with Crippen molar-refractivity contribution in [3.8, 4) is 5.75 Å². The molecule has 0 aliphatic carbocycles. The zero-order chi connectivity index (χ0) is 20.8. The number of carbonyl (C=O) groups excluding carboxylic acids is 2. The number of halogens is 1. The minimum atomic E-state index is -1.17. The first-order chi connectivity index (χ1) is 13.9. The quantitative estimate of drug-likeness (QED) is 0.526. The summed E-state index contributed by atoms with van der Waals surface area (Å²) in [7, 11) is 0. The SMILES string of the molecule is Cc1cc(NC(=O)[C@H](OC(=O)[C@@H](C)Oc2ccc(Br)cc2)c2ccccc2)no1. The van der Waals surface area contributed by atoms with E-state index < -0.39 is 24.1 Å². The Morgan fingerprint density at radius 3 is 2.41 bits per heavy atom. The third kappa shape index (κ3) is 5.68. The third-order valence-electron chi connectivity index (χ3n) is 3.91. The Kier molecular flexibility index (Phi) is 6.66. The second kappa shape index (κ2) is 9.38. The van der Waals surface area contributed by atoms with E-state index in [9.17, 15) is 9.59 Å². The van der Waals surface area contributed by atoms with E-state index in [4.69, 9.17) is 14.0 Å². The van der Waals surface area contributed by atoms with Gasteiger partial charge in [0, 0.05) is 16.1 Å². The van der Waals surface area contributed by atoms with Gasteiger partial charge in [-0.15, -0.1) is 0 Å². The van der Waals surface area contributed by atoms with Gasteiger partial charge in [-0.3, -0.25) is 4.79 Å². The molecule has 1 heterocycles. The summed E-state index contributed by atoms with van der Waals surface area (Å²) in [5.74, 6) is 0.0760. The fraction of sp³-hybridized carbons (Fsp3) is 0.190. The van der Waals surface area contributed by atoms with Crippen LogP contribution in [0.3, 0.4) is 0 Å². The van der Waals surface area contributed by atoms with Crippen LogP contribution in [0.1, 0.15) is 24.4 Å². The highest BCUT2D eigenvalue weighted by Crippen LogP contribution is 2.22. The lowest BCUT2D eigenvalue weighted by molar-refractivity contribution is -0.161. The number of ether oxygens (including phenoxy) is 2. The first-order valence-corrected chi connectivity index (χ1v) is 9.63. The maximum absolute atomic E-state index is 12.8. The van der Waals surface area contributed by atoms with Gasteiger partial charge in [-0.05, 0) is 38.1 Å². The first kappa shape index (κ1) is 20.6. The summed E-state index contributed by atoms with van der Waals surface area (Å²) in [5, 5.41) is 6.33. The first-order valence-electron chi connectivity index (χ1n) is 8.84. The molecule has 0 saturated heterocycles. The zero-order valence-corrected chi connectivity index (χ0v) is 17.4. The molecule has 2 atom stereocenters. The summed E-state index contributed by atoms with van der Waals surface area (Å²) in [6, 6.07) is 17.3. The average Bonchev–Trinajstić information content (AvgIpc) is 3.12. The van der Waals surface area contributed by atoms with Crippen LogP contribution in [0.25, 0.3) is 0 Å². The number of aryl methyl sites for hydroxylation is 1. The maximum atomic E-state index is 12.8. The van der Waals surface area contributed by atoms with Crippen molar-refractivity contribution < 1.29 is 23.6 Å². The van der Waals surface area contributed by atoms with Crippen molar-refractivity contribution in [2.75, 3.05) is 5.32 Å². The summed E-state index contributed by atoms with van der Waals surface area (Å²) in [6.07, 6.45) is -2.08. The van der Waals surface area contributed by atoms with Crippen molar-refractivity contribution in [3.63, 3.8) is 0 Å². The van der Waals surface area contributed by atoms with Gasteiger partial charge in [0.25, 0.3) is 5.91 Å². The van der Waals surface area contributed by atoms with Crippen LogP contribution in [0.4, 0.5) is 5.82 Å². The standard InChI is InChI=1S/C21H19BrN2O5/c1-13-12-18(24-29-13)23-20(25)19(15-6-4-3-5-7-15)28-21(26)14(2)27-17-10-8-16(22)9-11-17/h3-12,14,19H,1-2H3,(H,23,24,25)/t14-,19-/m1/s1. The predicted molar refractivity (Wildman–Crippen MR) is 109 cm³/mol. The van der Waals surface area contributed by atoms with Crippen LogP contribution in [-0.2, 0) is 14.3 Å². The fourth-order valence-corrected chi connectivity index (χ4v) is 2.76. The van der Waals surface area contributed by atoms with E-state index in [1.165, 1.54) is 0 Å². The van der Waals surface area contributed by atoms with Crippen LogP contribution < -0.4 is 10.1 Å². The van der Waals surface area contributed by atoms with Crippen molar-refractivity contribution >= 4 is 33.6 Å². The Bertz CT molecular complexity index is 972. The number of nitrogens with one attached hydrogen (secondary N) is 1. The predicted octanol–water partition coefficient (Wildman–Crippen LogP) is 4.44. The van der Waals surface area contributed by atoms with E-state index in [0.29, 0.717) is 17.1 Å². The molecule has 0 aliphatic rings. The Hall–Kier alpha value is -3.13. The van der Waals surface area contributed by atoms with Crippen molar-refractivity contribution in [2.45, 2.75) is 26.1 Å². The number of rotatable bonds is 7. The molecule has 3 rings (SSSR count). The second-order valence-corrected chi connectivity index (χ2v) is 7.17. The molecule has 8 heteroatoms. The van der Waals surface area contributed by atoms with E-state index in [0.717, 1.165) is 4.47 Å². The summed E-state index contributed by atoms with van der Waals surface area (Å²) < 4.78 is 16.9. The number of hydrogen-bond acceptors (Lipinski definition) is 6. The van der Waals surface area contributed by atoms with Crippen LogP contribution >= 0.6 is 15.9 Å². The van der Waals surface area contributed by atoms with Gasteiger partial charge >= 0.3 is 5.97 Å². The van der Waals surface area contributed by atoms with Gasteiger partial charge in [0.2, 0.25) is 6.10 Å². The van der Waals surface area contributed by atoms with Crippen molar-refractivity contribution in [3.05, 3.63) is 76.5 Å². The topological polar surface area (TPSA) is 90.7 Å². The smallest absolute Gasteiger partial charge is 0.348 e. The van der Waals surface area contributed by atoms with Crippen LogP contribution in [0.5, 0.6) is 5.75 Å². The molecule has 29 heavy (non-hydrogen) atoms. The van der Waals surface area contributed by atoms with E-state index in [2.05, 4.69) is 26.4 Å². The molecule has 0 unspecified atom stereocenters. The molecule has 0 spiro atoms. The van der Waals surface area contributed by atoms with Crippen LogP contribution in [0.15, 0.2) is 69.7 Å². The lowest BCUT2D eigenvalue weighted by Crippen LogP contribution is -2.32. The highest BCUT2D eigenvalue weighted by atomic mass is 79.9. The summed E-state index contributed by atoms with van der Waals surface area (Å²) in [5.41, 5.74) is 0.523. The second-order valence-electron chi connectivity index (χ2n) is 6.25. The Labute approximate surface area is 176 Å². The largest absolute Gasteiger partial charge is 0.479 e. The molecule has 7 nitrogen and oxygen atoms in total. The third-order valence-corrected chi connectivity index (χ3v) is 4.44. The van der Waals surface area contributed by atoms with Crippen molar-refractivity contribution in [1.29, 1.82) is 0 Å². The number of esters is 1. The molecule has 2 aromatic carbocycles. The van der Waals surface area contributed by atoms with Crippen LogP contribution in [0.2, 0.25) is 0 Å². The summed E-state index contributed by atoms with van der Waals surface area (Å²) >= 11 is 3.34. The number of amides is 1. The van der Waals surface area contributed by atoms with Gasteiger partial charge in [0.15, 0.2) is 11.9 Å². The number of nitrogens with zero attached hydrogens (tertiary/aromatic N) is 1. The van der Waals surface area contributed by atoms with Gasteiger partial charge in [-0.2, -0.15) is 0 Å². The normalized spacial score (nSPS) is 12.7. The number of aromatic nitrogens is 1. The molecule has 0 radical (unpaired) electrons. The molecule has 1 amide bonds. The fourth-order valence-electron chi connectivity index (χ4n) is 2.50.